The Labute approximate surface area is 223 Å². The van der Waals surface area contributed by atoms with Gasteiger partial charge in [-0.1, -0.05) is 0 Å². The number of nitro benzene ring substituents is 1. The first kappa shape index (κ1) is 28.9. The van der Waals surface area contributed by atoms with E-state index in [0.717, 1.165) is 12.1 Å². The molecule has 14 heteroatoms. The molecular weight excluding hydrogens is 534 g/mol. The molecule has 1 unspecified atom stereocenters. The van der Waals surface area contributed by atoms with Crippen LogP contribution in [0.4, 0.5) is 11.5 Å². The van der Waals surface area contributed by atoms with Crippen LogP contribution >= 0.6 is 10.7 Å². The fourth-order valence-corrected chi connectivity index (χ4v) is 6.34. The van der Waals surface area contributed by atoms with Gasteiger partial charge in [0.05, 0.1) is 28.5 Å². The summed E-state index contributed by atoms with van der Waals surface area (Å²) in [7, 11) is -4.72. The fraction of sp³-hybridized carbons (Fsp3) is 0.333. The summed E-state index contributed by atoms with van der Waals surface area (Å²) >= 11 is 0. The largest absolute Gasteiger partial charge is 0.492 e. The van der Waals surface area contributed by atoms with Crippen molar-refractivity contribution in [2.45, 2.75) is 38.1 Å². The SMILES string of the molecule is CCOC(=O)c1cc2c(NC(C)C)ncnc2cc1OCCC=S(C)NS(=O)(=O)c1ccc([N+](=O)[O-])cc1. The van der Waals surface area contributed by atoms with Gasteiger partial charge in [0.1, 0.15) is 23.5 Å². The molecule has 0 radical (unpaired) electrons. The molecule has 3 aromatic rings. The van der Waals surface area contributed by atoms with Crippen molar-refractivity contribution in [1.29, 1.82) is 0 Å². The zero-order valence-corrected chi connectivity index (χ0v) is 23.0. The number of sulfonamides is 1. The fourth-order valence-electron chi connectivity index (χ4n) is 3.36. The number of fused-ring (bicyclic) bond motifs is 1. The molecule has 3 rings (SSSR count). The van der Waals surface area contributed by atoms with Gasteiger partial charge in [-0.2, -0.15) is 4.13 Å². The van der Waals surface area contributed by atoms with Crippen molar-refractivity contribution in [3.8, 4) is 5.75 Å². The minimum Gasteiger partial charge on any atom is -0.492 e. The number of carbonyl (C=O) groups excluding carboxylic acids is 1. The number of anilines is 1. The van der Waals surface area contributed by atoms with Crippen molar-refractivity contribution in [2.24, 2.45) is 0 Å². The highest BCUT2D eigenvalue weighted by Gasteiger charge is 2.19. The Kier molecular flexibility index (Phi) is 9.72. The normalized spacial score (nSPS) is 12.4. The summed E-state index contributed by atoms with van der Waals surface area (Å²) in [6, 6.07) is 8.05. The third-order valence-corrected chi connectivity index (χ3v) is 8.56. The number of benzene rings is 2. The van der Waals surface area contributed by atoms with Gasteiger partial charge < -0.3 is 14.8 Å². The monoisotopic (exact) mass is 563 g/mol. The van der Waals surface area contributed by atoms with Gasteiger partial charge in [-0.15, -0.1) is 10.7 Å². The molecule has 204 valence electrons. The lowest BCUT2D eigenvalue weighted by molar-refractivity contribution is -0.384. The quantitative estimate of drug-likeness (QED) is 0.109. The number of hydrogen-bond donors (Lipinski definition) is 2. The van der Waals surface area contributed by atoms with Crippen LogP contribution in [0.2, 0.25) is 0 Å². The highest BCUT2D eigenvalue weighted by Crippen LogP contribution is 2.29. The molecule has 0 aliphatic heterocycles. The van der Waals surface area contributed by atoms with Crippen LogP contribution in [0.1, 0.15) is 37.6 Å². The number of hydrogen-bond acceptors (Lipinski definition) is 10. The average molecular weight is 564 g/mol. The zero-order chi connectivity index (χ0) is 27.9. The maximum atomic E-state index is 12.6. The first-order valence-electron chi connectivity index (χ1n) is 11.6. The number of non-ortho nitro benzene ring substituents is 1. The second kappa shape index (κ2) is 12.8. The van der Waals surface area contributed by atoms with E-state index in [9.17, 15) is 23.3 Å². The smallest absolute Gasteiger partial charge is 0.341 e. The lowest BCUT2D eigenvalue weighted by Gasteiger charge is -2.15. The van der Waals surface area contributed by atoms with Crippen molar-refractivity contribution in [2.75, 3.05) is 24.8 Å². The number of nitrogens with one attached hydrogen (secondary N) is 2. The van der Waals surface area contributed by atoms with E-state index in [1.807, 2.05) is 13.8 Å². The Bertz CT molecular complexity index is 1460. The van der Waals surface area contributed by atoms with E-state index < -0.39 is 31.6 Å². The molecule has 1 aromatic heterocycles. The summed E-state index contributed by atoms with van der Waals surface area (Å²) in [6.45, 7) is 6.02. The summed E-state index contributed by atoms with van der Waals surface area (Å²) in [5.74, 6) is 0.339. The topological polar surface area (TPSA) is 163 Å². The number of nitro groups is 1. The molecule has 0 saturated carbocycles. The van der Waals surface area contributed by atoms with E-state index in [1.54, 1.807) is 30.7 Å². The summed E-state index contributed by atoms with van der Waals surface area (Å²) in [5.41, 5.74) is 0.620. The van der Waals surface area contributed by atoms with Crippen LogP contribution < -0.4 is 14.2 Å². The maximum absolute atomic E-state index is 12.6. The molecule has 0 spiro atoms. The second-order valence-electron chi connectivity index (χ2n) is 8.31. The lowest BCUT2D eigenvalue weighted by atomic mass is 10.1. The predicted molar refractivity (Wildman–Crippen MR) is 147 cm³/mol. The number of rotatable bonds is 12. The van der Waals surface area contributed by atoms with Crippen LogP contribution in [-0.4, -0.2) is 60.2 Å². The first-order valence-corrected chi connectivity index (χ1v) is 14.8. The van der Waals surface area contributed by atoms with Crippen LogP contribution in [0.15, 0.2) is 47.6 Å². The van der Waals surface area contributed by atoms with Gasteiger partial charge >= 0.3 is 5.97 Å². The highest BCUT2D eigenvalue weighted by atomic mass is 32.3. The molecule has 12 nitrogen and oxygen atoms in total. The molecule has 1 atom stereocenters. The molecular formula is C24H29N5O7S2. The van der Waals surface area contributed by atoms with Gasteiger partial charge in [-0.05, 0) is 50.6 Å². The van der Waals surface area contributed by atoms with Gasteiger partial charge in [0.2, 0.25) is 10.0 Å². The van der Waals surface area contributed by atoms with Crippen LogP contribution in [0.5, 0.6) is 5.75 Å². The summed E-state index contributed by atoms with van der Waals surface area (Å²) in [4.78, 5) is 31.3. The van der Waals surface area contributed by atoms with Crippen molar-refractivity contribution in [3.05, 3.63) is 58.4 Å². The minimum absolute atomic E-state index is 0.0735. The Morgan fingerprint density at radius 1 is 1.21 bits per heavy atom. The van der Waals surface area contributed by atoms with E-state index in [2.05, 4.69) is 19.4 Å². The molecule has 0 aliphatic carbocycles. The van der Waals surface area contributed by atoms with Crippen molar-refractivity contribution >= 4 is 54.4 Å². The third-order valence-electron chi connectivity index (χ3n) is 5.00. The number of nitrogens with zero attached hydrogens (tertiary/aromatic N) is 3. The molecule has 0 saturated heterocycles. The van der Waals surface area contributed by atoms with E-state index >= 15 is 0 Å². The van der Waals surface area contributed by atoms with Gasteiger partial charge in [0.15, 0.2) is 0 Å². The van der Waals surface area contributed by atoms with Crippen LogP contribution in [0, 0.1) is 10.1 Å². The van der Waals surface area contributed by atoms with Crippen LogP contribution in [-0.2, 0) is 14.8 Å². The molecule has 1 heterocycles. The molecule has 0 aliphatic rings. The predicted octanol–water partition coefficient (Wildman–Crippen LogP) is 3.90. The third kappa shape index (κ3) is 7.46. The standard InChI is InChI=1S/C24H29N5O7S2/c1-5-35-24(30)20-13-19-21(25-15-26-23(19)27-16(2)3)14-22(20)36-11-6-12-37(4)28-38(33,34)18-9-7-17(8-10-18)29(31)32/h7-10,12-16,28H,5-6,11H2,1-4H3,(H,25,26,27). The molecule has 0 amide bonds. The Morgan fingerprint density at radius 2 is 1.92 bits per heavy atom. The number of carbonyl (C=O) groups is 1. The van der Waals surface area contributed by atoms with Gasteiger partial charge in [-0.25, -0.2) is 23.2 Å². The second-order valence-corrected chi connectivity index (χ2v) is 11.9. The number of esters is 1. The summed E-state index contributed by atoms with van der Waals surface area (Å²) in [5, 5.41) is 16.4. The van der Waals surface area contributed by atoms with E-state index in [-0.39, 0.29) is 35.4 Å². The van der Waals surface area contributed by atoms with E-state index in [1.165, 1.54) is 18.5 Å². The minimum atomic E-state index is -3.87. The molecule has 2 aromatic carbocycles. The molecule has 0 fully saturated rings. The van der Waals surface area contributed by atoms with Gasteiger partial charge in [-0.3, -0.25) is 10.1 Å². The molecule has 2 N–H and O–H groups in total. The van der Waals surface area contributed by atoms with Gasteiger partial charge in [0, 0.05) is 36.0 Å². The van der Waals surface area contributed by atoms with E-state index in [4.69, 9.17) is 9.47 Å². The Balaban J connectivity index is 1.73. The molecule has 38 heavy (non-hydrogen) atoms. The highest BCUT2D eigenvalue weighted by molar-refractivity contribution is 8.19. The van der Waals surface area contributed by atoms with Crippen molar-refractivity contribution in [1.82, 2.24) is 14.1 Å². The van der Waals surface area contributed by atoms with Crippen LogP contribution in [0.3, 0.4) is 0 Å². The van der Waals surface area contributed by atoms with Crippen molar-refractivity contribution in [3.63, 3.8) is 0 Å². The molecule has 0 bridgehead atoms. The summed E-state index contributed by atoms with van der Waals surface area (Å²) in [6.07, 6.45) is 3.48. The average Bonchev–Trinajstić information content (AvgIpc) is 2.86. The number of aromatic nitrogens is 2. The Morgan fingerprint density at radius 3 is 2.55 bits per heavy atom. The first-order chi connectivity index (χ1) is 18.0. The lowest BCUT2D eigenvalue weighted by Crippen LogP contribution is -2.18. The Hall–Kier alpha value is -3.62. The van der Waals surface area contributed by atoms with Crippen LogP contribution in [0.25, 0.3) is 10.9 Å². The zero-order valence-electron chi connectivity index (χ0n) is 21.3. The van der Waals surface area contributed by atoms with E-state index in [0.29, 0.717) is 28.9 Å². The summed E-state index contributed by atoms with van der Waals surface area (Å²) < 4.78 is 38.8. The number of ether oxygens (including phenoxy) is 2. The maximum Gasteiger partial charge on any atom is 0.341 e. The van der Waals surface area contributed by atoms with Crippen molar-refractivity contribution < 1.29 is 27.6 Å². The van der Waals surface area contributed by atoms with Gasteiger partial charge in [0.25, 0.3) is 5.69 Å².